The van der Waals surface area contributed by atoms with Crippen LogP contribution in [0, 0.1) is 13.8 Å². The highest BCUT2D eigenvalue weighted by Gasteiger charge is 2.19. The molecule has 0 radical (unpaired) electrons. The van der Waals surface area contributed by atoms with Crippen molar-refractivity contribution in [2.45, 2.75) is 19.6 Å². The van der Waals surface area contributed by atoms with Crippen molar-refractivity contribution in [3.05, 3.63) is 53.6 Å². The van der Waals surface area contributed by atoms with Gasteiger partial charge in [0.1, 0.15) is 17.6 Å². The number of rotatable bonds is 4. The molecule has 0 fully saturated rings. The van der Waals surface area contributed by atoms with Gasteiger partial charge in [-0.15, -0.1) is 0 Å². The van der Waals surface area contributed by atoms with Gasteiger partial charge in [0.05, 0.1) is 29.7 Å². The van der Waals surface area contributed by atoms with E-state index in [1.807, 2.05) is 38.1 Å². The molecule has 0 aliphatic carbocycles. The van der Waals surface area contributed by atoms with E-state index in [9.17, 15) is 4.55 Å². The molecule has 0 amide bonds. The van der Waals surface area contributed by atoms with Crippen LogP contribution in [0.3, 0.4) is 0 Å². The van der Waals surface area contributed by atoms with Crippen LogP contribution in [0.1, 0.15) is 16.8 Å². The zero-order valence-corrected chi connectivity index (χ0v) is 13.6. The van der Waals surface area contributed by atoms with Gasteiger partial charge in [-0.05, 0) is 26.0 Å². The molecule has 114 valence electrons. The number of aromatic nitrogens is 3. The average molecular weight is 315 g/mol. The molecular weight excluding hydrogens is 298 g/mol. The molecule has 6 heteroatoms. The van der Waals surface area contributed by atoms with Crippen LogP contribution in [0.15, 0.2) is 36.8 Å². The molecule has 0 spiro atoms. The summed E-state index contributed by atoms with van der Waals surface area (Å²) in [5.41, 5.74) is 4.38. The van der Waals surface area contributed by atoms with E-state index in [-0.39, 0.29) is 0 Å². The summed E-state index contributed by atoms with van der Waals surface area (Å²) >= 11 is -1.27. The number of hydrogen-bond acceptors (Lipinski definition) is 4. The molecule has 0 saturated heterocycles. The van der Waals surface area contributed by atoms with Gasteiger partial charge in [-0.1, -0.05) is 12.1 Å². The Morgan fingerprint density at radius 3 is 2.77 bits per heavy atom. The first-order chi connectivity index (χ1) is 10.6. The summed E-state index contributed by atoms with van der Waals surface area (Å²) in [6.45, 7) is 3.89. The molecular formula is C16H17N3O2S. The second-order valence-corrected chi connectivity index (χ2v) is 6.40. The Morgan fingerprint density at radius 2 is 2.00 bits per heavy atom. The number of nitrogens with zero attached hydrogens (tertiary/aromatic N) is 3. The number of benzene rings is 1. The normalized spacial score (nSPS) is 12.5. The molecule has 1 atom stereocenters. The van der Waals surface area contributed by atoms with Crippen LogP contribution in [0.4, 0.5) is 0 Å². The van der Waals surface area contributed by atoms with Crippen molar-refractivity contribution in [3.63, 3.8) is 0 Å². The second kappa shape index (κ2) is 5.98. The molecule has 0 N–H and O–H groups in total. The fraction of sp³-hybridized carbons (Fsp3) is 0.250. The minimum absolute atomic E-state index is 0.322. The smallest absolute Gasteiger partial charge is 0.173 e. The molecule has 22 heavy (non-hydrogen) atoms. The fourth-order valence-corrected chi connectivity index (χ4v) is 3.69. The summed E-state index contributed by atoms with van der Waals surface area (Å²) in [5.74, 6) is 1.13. The quantitative estimate of drug-likeness (QED) is 0.695. The van der Waals surface area contributed by atoms with Crippen molar-refractivity contribution >= 4 is 22.4 Å². The largest absolute Gasteiger partial charge is 0.592 e. The second-order valence-electron chi connectivity index (χ2n) is 5.07. The predicted octanol–water partition coefficient (Wildman–Crippen LogP) is 2.77. The fourth-order valence-electron chi connectivity index (χ4n) is 2.50. The zero-order chi connectivity index (χ0) is 15.7. The van der Waals surface area contributed by atoms with E-state index in [1.54, 1.807) is 23.6 Å². The van der Waals surface area contributed by atoms with E-state index in [4.69, 9.17) is 4.74 Å². The summed E-state index contributed by atoms with van der Waals surface area (Å²) < 4.78 is 19.8. The summed E-state index contributed by atoms with van der Waals surface area (Å²) in [6.07, 6.45) is 3.37. The van der Waals surface area contributed by atoms with Gasteiger partial charge in [0.25, 0.3) is 0 Å². The Hall–Kier alpha value is -2.05. The summed E-state index contributed by atoms with van der Waals surface area (Å²) in [7, 11) is 1.64. The molecule has 2 heterocycles. The molecule has 0 bridgehead atoms. The first kappa shape index (κ1) is 14.9. The number of methoxy groups -OCH3 is 1. The summed E-state index contributed by atoms with van der Waals surface area (Å²) in [4.78, 5) is 8.69. The zero-order valence-electron chi connectivity index (χ0n) is 12.7. The van der Waals surface area contributed by atoms with E-state index in [2.05, 4.69) is 9.97 Å². The number of aryl methyl sites for hydroxylation is 1. The van der Waals surface area contributed by atoms with Gasteiger partial charge in [-0.2, -0.15) is 3.97 Å². The van der Waals surface area contributed by atoms with E-state index >= 15 is 0 Å². The molecule has 2 aromatic heterocycles. The van der Waals surface area contributed by atoms with Crippen LogP contribution in [-0.2, 0) is 17.1 Å². The third-order valence-corrected chi connectivity index (χ3v) is 4.90. The minimum atomic E-state index is -1.27. The van der Waals surface area contributed by atoms with Gasteiger partial charge in [0.15, 0.2) is 5.75 Å². The van der Waals surface area contributed by atoms with E-state index in [0.717, 1.165) is 33.6 Å². The predicted molar refractivity (Wildman–Crippen MR) is 87.2 cm³/mol. The van der Waals surface area contributed by atoms with E-state index < -0.39 is 11.4 Å². The standard InChI is InChI=1S/C16H17N3O2S/c1-11-8-17-14(12(2)16(11)21-3)9-22(20)19-10-18-13-6-4-5-7-15(13)19/h4-8,10H,9H2,1-3H3/t22-/m0/s1. The van der Waals surface area contributed by atoms with Gasteiger partial charge >= 0.3 is 0 Å². The van der Waals surface area contributed by atoms with Gasteiger partial charge in [-0.25, -0.2) is 4.98 Å². The monoisotopic (exact) mass is 315 g/mol. The van der Waals surface area contributed by atoms with Crippen LogP contribution in [0.2, 0.25) is 0 Å². The lowest BCUT2D eigenvalue weighted by molar-refractivity contribution is 0.407. The average Bonchev–Trinajstić information content (AvgIpc) is 2.95. The van der Waals surface area contributed by atoms with Crippen molar-refractivity contribution in [3.8, 4) is 5.75 Å². The molecule has 5 nitrogen and oxygen atoms in total. The minimum Gasteiger partial charge on any atom is -0.592 e. The first-order valence-electron chi connectivity index (χ1n) is 6.92. The van der Waals surface area contributed by atoms with Gasteiger partial charge < -0.3 is 9.29 Å². The van der Waals surface area contributed by atoms with Gasteiger partial charge in [0.2, 0.25) is 0 Å². The SMILES string of the molecule is COc1c(C)cnc(C[S@+]([O-])n2cnc3ccccc32)c1C. The molecule has 0 saturated carbocycles. The lowest BCUT2D eigenvalue weighted by Crippen LogP contribution is -2.16. The summed E-state index contributed by atoms with van der Waals surface area (Å²) in [5, 5.41) is 0. The molecule has 0 aliphatic heterocycles. The topological polar surface area (TPSA) is 63.0 Å². The summed E-state index contributed by atoms with van der Waals surface area (Å²) in [6, 6.07) is 7.65. The van der Waals surface area contributed by atoms with E-state index in [1.165, 1.54) is 0 Å². The maximum absolute atomic E-state index is 12.7. The van der Waals surface area contributed by atoms with Crippen LogP contribution in [0.5, 0.6) is 5.75 Å². The Bertz CT molecular complexity index is 816. The molecule has 1 aromatic carbocycles. The van der Waals surface area contributed by atoms with E-state index in [0.29, 0.717) is 5.75 Å². The number of fused-ring (bicyclic) bond motifs is 1. The number of para-hydroxylation sites is 2. The highest BCUT2D eigenvalue weighted by Crippen LogP contribution is 2.26. The third-order valence-electron chi connectivity index (χ3n) is 3.65. The molecule has 0 aliphatic rings. The number of ether oxygens (including phenoxy) is 1. The maximum atomic E-state index is 12.7. The molecule has 3 aromatic rings. The van der Waals surface area contributed by atoms with Crippen LogP contribution < -0.4 is 4.74 Å². The highest BCUT2D eigenvalue weighted by molar-refractivity contribution is 7.89. The van der Waals surface area contributed by atoms with Crippen molar-refractivity contribution in [2.75, 3.05) is 7.11 Å². The van der Waals surface area contributed by atoms with Crippen LogP contribution in [0.25, 0.3) is 11.0 Å². The first-order valence-corrected chi connectivity index (χ1v) is 8.19. The molecule has 3 rings (SSSR count). The van der Waals surface area contributed by atoms with Crippen LogP contribution >= 0.6 is 0 Å². The number of hydrogen-bond donors (Lipinski definition) is 0. The number of imidazole rings is 1. The van der Waals surface area contributed by atoms with Crippen molar-refractivity contribution < 1.29 is 9.29 Å². The maximum Gasteiger partial charge on any atom is 0.173 e. The Labute approximate surface area is 132 Å². The van der Waals surface area contributed by atoms with Crippen molar-refractivity contribution in [1.29, 1.82) is 0 Å². The highest BCUT2D eigenvalue weighted by atomic mass is 32.2. The third kappa shape index (κ3) is 2.55. The van der Waals surface area contributed by atoms with Crippen molar-refractivity contribution in [1.82, 2.24) is 13.9 Å². The molecule has 0 unspecified atom stereocenters. The lowest BCUT2D eigenvalue weighted by atomic mass is 10.1. The Kier molecular flexibility index (Phi) is 4.04. The van der Waals surface area contributed by atoms with Gasteiger partial charge in [-0.3, -0.25) is 4.98 Å². The Morgan fingerprint density at radius 1 is 1.23 bits per heavy atom. The van der Waals surface area contributed by atoms with Gasteiger partial charge in [0, 0.05) is 17.3 Å². The van der Waals surface area contributed by atoms with Crippen molar-refractivity contribution in [2.24, 2.45) is 0 Å². The Balaban J connectivity index is 1.93. The lowest BCUT2D eigenvalue weighted by Gasteiger charge is -2.14. The number of pyridine rings is 1. The van der Waals surface area contributed by atoms with Crippen LogP contribution in [-0.4, -0.2) is 25.6 Å².